The van der Waals surface area contributed by atoms with Gasteiger partial charge in [0.05, 0.1) is 13.5 Å². The average molecular weight is 269 g/mol. The number of ether oxygens (including phenoxy) is 1. The minimum absolute atomic E-state index is 0.0103. The maximum atomic E-state index is 12.1. The number of carbonyl (C=O) groups is 1. The lowest BCUT2D eigenvalue weighted by Crippen LogP contribution is -2.15. The summed E-state index contributed by atoms with van der Waals surface area (Å²) in [5.74, 6) is 0.785. The molecule has 0 saturated heterocycles. The fourth-order valence-corrected chi connectivity index (χ4v) is 2.01. The molecule has 0 atom stereocenters. The summed E-state index contributed by atoms with van der Waals surface area (Å²) < 4.78 is 5.10. The highest BCUT2D eigenvalue weighted by molar-refractivity contribution is 5.93. The van der Waals surface area contributed by atoms with Gasteiger partial charge in [-0.1, -0.05) is 24.3 Å². The van der Waals surface area contributed by atoms with Gasteiger partial charge in [-0.25, -0.2) is 0 Å². The van der Waals surface area contributed by atoms with Crippen molar-refractivity contribution >= 4 is 11.6 Å². The van der Waals surface area contributed by atoms with Crippen molar-refractivity contribution in [1.82, 2.24) is 0 Å². The van der Waals surface area contributed by atoms with Crippen LogP contribution in [0.5, 0.6) is 5.75 Å². The molecule has 0 heterocycles. The van der Waals surface area contributed by atoms with E-state index in [0.717, 1.165) is 22.6 Å². The fraction of sp³-hybridized carbons (Fsp3) is 0.235. The summed E-state index contributed by atoms with van der Waals surface area (Å²) in [6.45, 7) is 4.05. The van der Waals surface area contributed by atoms with Crippen LogP contribution < -0.4 is 10.1 Å². The SMILES string of the molecule is COc1ccc(CC(=O)Nc2cccc(C)c2C)cc1. The molecule has 0 fully saturated rings. The van der Waals surface area contributed by atoms with Gasteiger partial charge in [0.1, 0.15) is 5.75 Å². The Morgan fingerprint density at radius 3 is 2.45 bits per heavy atom. The second kappa shape index (κ2) is 6.24. The number of nitrogens with one attached hydrogen (secondary N) is 1. The highest BCUT2D eigenvalue weighted by atomic mass is 16.5. The van der Waals surface area contributed by atoms with E-state index in [-0.39, 0.29) is 5.91 Å². The van der Waals surface area contributed by atoms with Crippen LogP contribution in [0.3, 0.4) is 0 Å². The van der Waals surface area contributed by atoms with E-state index >= 15 is 0 Å². The third-order valence-corrected chi connectivity index (χ3v) is 3.40. The van der Waals surface area contributed by atoms with Crippen LogP contribution in [0, 0.1) is 13.8 Å². The van der Waals surface area contributed by atoms with Gasteiger partial charge in [0, 0.05) is 5.69 Å². The molecule has 0 radical (unpaired) electrons. The molecule has 0 bridgehead atoms. The summed E-state index contributed by atoms with van der Waals surface area (Å²) in [7, 11) is 1.63. The Balaban J connectivity index is 2.03. The third-order valence-electron chi connectivity index (χ3n) is 3.40. The van der Waals surface area contributed by atoms with Crippen LogP contribution in [0.15, 0.2) is 42.5 Å². The molecule has 0 unspecified atom stereocenters. The van der Waals surface area contributed by atoms with Gasteiger partial charge < -0.3 is 10.1 Å². The van der Waals surface area contributed by atoms with Crippen molar-refractivity contribution in [2.24, 2.45) is 0 Å². The normalized spacial score (nSPS) is 10.2. The molecular formula is C17H19NO2. The quantitative estimate of drug-likeness (QED) is 0.922. The van der Waals surface area contributed by atoms with Gasteiger partial charge in [-0.2, -0.15) is 0 Å². The lowest BCUT2D eigenvalue weighted by atomic mass is 10.1. The van der Waals surface area contributed by atoms with Gasteiger partial charge in [0.15, 0.2) is 0 Å². The van der Waals surface area contributed by atoms with Crippen LogP contribution in [-0.4, -0.2) is 13.0 Å². The second-order valence-electron chi connectivity index (χ2n) is 4.82. The smallest absolute Gasteiger partial charge is 0.228 e. The summed E-state index contributed by atoms with van der Waals surface area (Å²) in [5, 5.41) is 2.96. The van der Waals surface area contributed by atoms with Gasteiger partial charge in [-0.15, -0.1) is 0 Å². The third kappa shape index (κ3) is 3.38. The van der Waals surface area contributed by atoms with Crippen LogP contribution in [0.25, 0.3) is 0 Å². The van der Waals surface area contributed by atoms with E-state index in [0.29, 0.717) is 6.42 Å². The first-order valence-electron chi connectivity index (χ1n) is 6.59. The van der Waals surface area contributed by atoms with Crippen molar-refractivity contribution in [3.63, 3.8) is 0 Å². The molecule has 2 rings (SSSR count). The van der Waals surface area contributed by atoms with Gasteiger partial charge in [-0.3, -0.25) is 4.79 Å². The molecule has 1 amide bonds. The minimum atomic E-state index is -0.0103. The maximum absolute atomic E-state index is 12.1. The first-order chi connectivity index (χ1) is 9.60. The number of carbonyl (C=O) groups excluding carboxylic acids is 1. The Hall–Kier alpha value is -2.29. The number of hydrogen-bond donors (Lipinski definition) is 1. The molecule has 0 aromatic heterocycles. The molecule has 0 aliphatic rings. The molecule has 0 spiro atoms. The number of amides is 1. The largest absolute Gasteiger partial charge is 0.497 e. The number of benzene rings is 2. The molecule has 0 saturated carbocycles. The van der Waals surface area contributed by atoms with Crippen molar-refractivity contribution in [2.45, 2.75) is 20.3 Å². The van der Waals surface area contributed by atoms with Crippen LogP contribution in [-0.2, 0) is 11.2 Å². The Bertz CT molecular complexity index is 603. The van der Waals surface area contributed by atoms with Crippen molar-refractivity contribution < 1.29 is 9.53 Å². The van der Waals surface area contributed by atoms with Crippen molar-refractivity contribution in [2.75, 3.05) is 12.4 Å². The molecule has 2 aromatic carbocycles. The summed E-state index contributed by atoms with van der Waals surface area (Å²) >= 11 is 0. The van der Waals surface area contributed by atoms with Gasteiger partial charge in [0.25, 0.3) is 0 Å². The number of methoxy groups -OCH3 is 1. The van der Waals surface area contributed by atoms with E-state index in [1.54, 1.807) is 7.11 Å². The van der Waals surface area contributed by atoms with Gasteiger partial charge in [-0.05, 0) is 48.7 Å². The Morgan fingerprint density at radius 2 is 1.80 bits per heavy atom. The summed E-state index contributed by atoms with van der Waals surface area (Å²) in [6.07, 6.45) is 0.359. The average Bonchev–Trinajstić information content (AvgIpc) is 2.45. The summed E-state index contributed by atoms with van der Waals surface area (Å²) in [5.41, 5.74) is 4.12. The molecule has 1 N–H and O–H groups in total. The van der Waals surface area contributed by atoms with Crippen molar-refractivity contribution in [3.8, 4) is 5.75 Å². The number of hydrogen-bond acceptors (Lipinski definition) is 2. The zero-order valence-corrected chi connectivity index (χ0v) is 12.1. The van der Waals surface area contributed by atoms with Crippen LogP contribution in [0.4, 0.5) is 5.69 Å². The van der Waals surface area contributed by atoms with E-state index < -0.39 is 0 Å². The predicted molar refractivity (Wildman–Crippen MR) is 81.2 cm³/mol. The number of aryl methyl sites for hydroxylation is 1. The van der Waals surface area contributed by atoms with E-state index in [2.05, 4.69) is 5.32 Å². The van der Waals surface area contributed by atoms with E-state index in [4.69, 9.17) is 4.74 Å². The van der Waals surface area contributed by atoms with Crippen LogP contribution in [0.1, 0.15) is 16.7 Å². The van der Waals surface area contributed by atoms with Crippen molar-refractivity contribution in [3.05, 3.63) is 59.2 Å². The van der Waals surface area contributed by atoms with Gasteiger partial charge in [0.2, 0.25) is 5.91 Å². The molecule has 2 aromatic rings. The monoisotopic (exact) mass is 269 g/mol. The van der Waals surface area contributed by atoms with E-state index in [9.17, 15) is 4.79 Å². The number of rotatable bonds is 4. The Morgan fingerprint density at radius 1 is 1.10 bits per heavy atom. The second-order valence-corrected chi connectivity index (χ2v) is 4.82. The molecule has 3 heteroatoms. The highest BCUT2D eigenvalue weighted by Gasteiger charge is 2.07. The van der Waals surface area contributed by atoms with E-state index in [1.807, 2.05) is 56.3 Å². The molecule has 104 valence electrons. The zero-order valence-electron chi connectivity index (χ0n) is 12.1. The first-order valence-corrected chi connectivity index (χ1v) is 6.59. The molecular weight excluding hydrogens is 250 g/mol. The summed E-state index contributed by atoms with van der Waals surface area (Å²) in [6, 6.07) is 13.4. The lowest BCUT2D eigenvalue weighted by Gasteiger charge is -2.10. The highest BCUT2D eigenvalue weighted by Crippen LogP contribution is 2.18. The molecule has 3 nitrogen and oxygen atoms in total. The first kappa shape index (κ1) is 14.1. The molecule has 20 heavy (non-hydrogen) atoms. The molecule has 0 aliphatic carbocycles. The standard InChI is InChI=1S/C17H19NO2/c1-12-5-4-6-16(13(12)2)18-17(19)11-14-7-9-15(20-3)10-8-14/h4-10H,11H2,1-3H3,(H,18,19). The number of anilines is 1. The fourth-order valence-electron chi connectivity index (χ4n) is 2.01. The topological polar surface area (TPSA) is 38.3 Å². The minimum Gasteiger partial charge on any atom is -0.497 e. The predicted octanol–water partition coefficient (Wildman–Crippen LogP) is 3.49. The van der Waals surface area contributed by atoms with Crippen molar-refractivity contribution in [1.29, 1.82) is 0 Å². The van der Waals surface area contributed by atoms with Crippen LogP contribution >= 0.6 is 0 Å². The Labute approximate surface area is 119 Å². The summed E-state index contributed by atoms with van der Waals surface area (Å²) in [4.78, 5) is 12.1. The Kier molecular flexibility index (Phi) is 4.41. The molecule has 0 aliphatic heterocycles. The maximum Gasteiger partial charge on any atom is 0.228 e. The van der Waals surface area contributed by atoms with Gasteiger partial charge >= 0.3 is 0 Å². The lowest BCUT2D eigenvalue weighted by molar-refractivity contribution is -0.115. The van der Waals surface area contributed by atoms with E-state index in [1.165, 1.54) is 5.56 Å². The zero-order chi connectivity index (χ0) is 14.5. The van der Waals surface area contributed by atoms with Crippen LogP contribution in [0.2, 0.25) is 0 Å².